The first-order chi connectivity index (χ1) is 10.1. The van der Waals surface area contributed by atoms with Crippen LogP contribution in [0.3, 0.4) is 0 Å². The number of thiophene rings is 1. The second-order valence-electron chi connectivity index (χ2n) is 4.57. The Morgan fingerprint density at radius 1 is 1.24 bits per heavy atom. The van der Waals surface area contributed by atoms with Crippen molar-refractivity contribution < 1.29 is 9.53 Å². The Morgan fingerprint density at radius 3 is 2.48 bits per heavy atom. The zero-order valence-electron chi connectivity index (χ0n) is 11.9. The lowest BCUT2D eigenvalue weighted by atomic mass is 10.2. The molecule has 2 N–H and O–H groups in total. The number of rotatable bonds is 6. The lowest BCUT2D eigenvalue weighted by molar-refractivity contribution is -0.119. The van der Waals surface area contributed by atoms with Crippen LogP contribution >= 0.6 is 22.9 Å². The van der Waals surface area contributed by atoms with Gasteiger partial charge in [-0.3, -0.25) is 4.79 Å². The predicted molar refractivity (Wildman–Crippen MR) is 88.3 cm³/mol. The Morgan fingerprint density at radius 2 is 1.90 bits per heavy atom. The minimum absolute atomic E-state index is 0.0518. The van der Waals surface area contributed by atoms with Crippen LogP contribution in [-0.4, -0.2) is 19.6 Å². The minimum Gasteiger partial charge on any atom is -0.378 e. The molecule has 0 saturated heterocycles. The van der Waals surface area contributed by atoms with E-state index in [0.717, 1.165) is 15.7 Å². The van der Waals surface area contributed by atoms with Crippen LogP contribution in [0.15, 0.2) is 36.4 Å². The molecule has 21 heavy (non-hydrogen) atoms. The van der Waals surface area contributed by atoms with Crippen LogP contribution in [0.4, 0.5) is 11.4 Å². The van der Waals surface area contributed by atoms with Gasteiger partial charge in [-0.2, -0.15) is 0 Å². The third-order valence-electron chi connectivity index (χ3n) is 2.85. The number of carbonyl (C=O) groups is 1. The molecule has 4 nitrogen and oxygen atoms in total. The molecule has 0 radical (unpaired) electrons. The van der Waals surface area contributed by atoms with Crippen LogP contribution in [0.25, 0.3) is 0 Å². The Labute approximate surface area is 133 Å². The number of benzene rings is 1. The van der Waals surface area contributed by atoms with Crippen molar-refractivity contribution in [3.05, 3.63) is 45.6 Å². The summed E-state index contributed by atoms with van der Waals surface area (Å²) in [4.78, 5) is 12.6. The van der Waals surface area contributed by atoms with Gasteiger partial charge in [-0.15, -0.1) is 11.3 Å². The topological polar surface area (TPSA) is 50.4 Å². The summed E-state index contributed by atoms with van der Waals surface area (Å²) in [5, 5.41) is 6.14. The van der Waals surface area contributed by atoms with Crippen LogP contribution in [-0.2, 0) is 9.53 Å². The van der Waals surface area contributed by atoms with Gasteiger partial charge in [-0.25, -0.2) is 0 Å². The van der Waals surface area contributed by atoms with E-state index in [0.29, 0.717) is 0 Å². The number of amides is 1. The highest BCUT2D eigenvalue weighted by atomic mass is 35.5. The number of halogens is 1. The summed E-state index contributed by atoms with van der Waals surface area (Å²) >= 11 is 7.51. The molecule has 1 heterocycles. The SMILES string of the molecule is COCC(=O)Nc1ccc(NC(C)c2ccc(Cl)s2)cc1. The van der Waals surface area contributed by atoms with Crippen molar-refractivity contribution in [2.75, 3.05) is 24.4 Å². The molecule has 6 heteroatoms. The van der Waals surface area contributed by atoms with Gasteiger partial charge >= 0.3 is 0 Å². The molecular formula is C15H17ClN2O2S. The first-order valence-corrected chi connectivity index (χ1v) is 7.68. The fraction of sp³-hybridized carbons (Fsp3) is 0.267. The molecule has 0 saturated carbocycles. The average molecular weight is 325 g/mol. The van der Waals surface area contributed by atoms with Crippen LogP contribution in [0.5, 0.6) is 0 Å². The highest BCUT2D eigenvalue weighted by Gasteiger charge is 2.08. The molecule has 1 aromatic heterocycles. The van der Waals surface area contributed by atoms with Crippen molar-refractivity contribution in [2.45, 2.75) is 13.0 Å². The molecule has 0 aliphatic heterocycles. The summed E-state index contributed by atoms with van der Waals surface area (Å²) in [5.74, 6) is -0.167. The molecule has 2 aromatic rings. The van der Waals surface area contributed by atoms with Crippen molar-refractivity contribution in [3.8, 4) is 0 Å². The van der Waals surface area contributed by atoms with Gasteiger partial charge in [0.25, 0.3) is 0 Å². The molecule has 1 atom stereocenters. The molecule has 0 fully saturated rings. The number of hydrogen-bond donors (Lipinski definition) is 2. The lowest BCUT2D eigenvalue weighted by Crippen LogP contribution is -2.17. The van der Waals surface area contributed by atoms with Gasteiger partial charge < -0.3 is 15.4 Å². The molecule has 0 bridgehead atoms. The second-order valence-corrected chi connectivity index (χ2v) is 6.31. The maximum Gasteiger partial charge on any atom is 0.250 e. The molecule has 1 amide bonds. The molecule has 0 aliphatic carbocycles. The van der Waals surface area contributed by atoms with Crippen molar-refractivity contribution in [2.24, 2.45) is 0 Å². The number of anilines is 2. The van der Waals surface area contributed by atoms with Gasteiger partial charge in [0.2, 0.25) is 5.91 Å². The summed E-state index contributed by atoms with van der Waals surface area (Å²) < 4.78 is 5.56. The van der Waals surface area contributed by atoms with Gasteiger partial charge in [0.05, 0.1) is 10.4 Å². The molecule has 1 unspecified atom stereocenters. The number of nitrogens with one attached hydrogen (secondary N) is 2. The lowest BCUT2D eigenvalue weighted by Gasteiger charge is -2.14. The second kappa shape index (κ2) is 7.45. The number of ether oxygens (including phenoxy) is 1. The largest absolute Gasteiger partial charge is 0.378 e. The predicted octanol–water partition coefficient (Wildman–Crippen LogP) is 4.16. The van der Waals surface area contributed by atoms with Crippen molar-refractivity contribution in [1.82, 2.24) is 0 Å². The van der Waals surface area contributed by atoms with E-state index in [1.165, 1.54) is 12.0 Å². The molecule has 2 rings (SSSR count). The van der Waals surface area contributed by atoms with Crippen LogP contribution < -0.4 is 10.6 Å². The summed E-state index contributed by atoms with van der Waals surface area (Å²) in [6.45, 7) is 2.13. The summed E-state index contributed by atoms with van der Waals surface area (Å²) in [7, 11) is 1.49. The summed E-state index contributed by atoms with van der Waals surface area (Å²) in [6.07, 6.45) is 0. The third-order valence-corrected chi connectivity index (χ3v) is 4.26. The molecule has 0 spiro atoms. The molecule has 1 aromatic carbocycles. The van der Waals surface area contributed by atoms with Crippen molar-refractivity contribution >= 4 is 40.2 Å². The average Bonchev–Trinajstić information content (AvgIpc) is 2.88. The third kappa shape index (κ3) is 4.74. The van der Waals surface area contributed by atoms with Crippen LogP contribution in [0.1, 0.15) is 17.8 Å². The molecular weight excluding hydrogens is 308 g/mol. The van der Waals surface area contributed by atoms with Crippen LogP contribution in [0.2, 0.25) is 4.34 Å². The standard InChI is InChI=1S/C15H17ClN2O2S/c1-10(13-7-8-14(16)21-13)17-11-3-5-12(6-4-11)18-15(19)9-20-2/h3-8,10,17H,9H2,1-2H3,(H,18,19). The number of carbonyl (C=O) groups excluding carboxylic acids is 1. The maximum atomic E-state index is 11.4. The summed E-state index contributed by atoms with van der Waals surface area (Å²) in [6, 6.07) is 11.6. The first kappa shape index (κ1) is 15.8. The van der Waals surface area contributed by atoms with E-state index in [9.17, 15) is 4.79 Å². The van der Waals surface area contributed by atoms with E-state index in [2.05, 4.69) is 17.6 Å². The van der Waals surface area contributed by atoms with Gasteiger partial charge in [-0.1, -0.05) is 11.6 Å². The highest BCUT2D eigenvalue weighted by molar-refractivity contribution is 7.16. The Balaban J connectivity index is 1.94. The number of methoxy groups -OCH3 is 1. The van der Waals surface area contributed by atoms with Gasteiger partial charge in [0, 0.05) is 23.4 Å². The zero-order chi connectivity index (χ0) is 15.2. The normalized spacial score (nSPS) is 12.0. The van der Waals surface area contributed by atoms with E-state index in [1.807, 2.05) is 36.4 Å². The first-order valence-electron chi connectivity index (χ1n) is 6.49. The Bertz CT molecular complexity index is 598. The van der Waals surface area contributed by atoms with Crippen molar-refractivity contribution in [1.29, 1.82) is 0 Å². The van der Waals surface area contributed by atoms with Gasteiger partial charge in [0.1, 0.15) is 6.61 Å². The van der Waals surface area contributed by atoms with Gasteiger partial charge in [-0.05, 0) is 43.3 Å². The highest BCUT2D eigenvalue weighted by Crippen LogP contribution is 2.29. The summed E-state index contributed by atoms with van der Waals surface area (Å²) in [5.41, 5.74) is 1.73. The minimum atomic E-state index is -0.167. The Kier molecular flexibility index (Phi) is 5.61. The van der Waals surface area contributed by atoms with E-state index in [4.69, 9.17) is 16.3 Å². The monoisotopic (exact) mass is 324 g/mol. The maximum absolute atomic E-state index is 11.4. The smallest absolute Gasteiger partial charge is 0.250 e. The zero-order valence-corrected chi connectivity index (χ0v) is 13.4. The number of hydrogen-bond acceptors (Lipinski definition) is 4. The van der Waals surface area contributed by atoms with E-state index >= 15 is 0 Å². The van der Waals surface area contributed by atoms with E-state index in [-0.39, 0.29) is 18.6 Å². The molecule has 0 aliphatic rings. The molecule has 112 valence electrons. The van der Waals surface area contributed by atoms with Gasteiger partial charge in [0.15, 0.2) is 0 Å². The fourth-order valence-corrected chi connectivity index (χ4v) is 2.92. The van der Waals surface area contributed by atoms with E-state index in [1.54, 1.807) is 11.3 Å². The quantitative estimate of drug-likeness (QED) is 0.839. The van der Waals surface area contributed by atoms with E-state index < -0.39 is 0 Å². The Hall–Kier alpha value is -1.56. The fourth-order valence-electron chi connectivity index (χ4n) is 1.86. The van der Waals surface area contributed by atoms with Crippen molar-refractivity contribution in [3.63, 3.8) is 0 Å². The van der Waals surface area contributed by atoms with Crippen LogP contribution in [0, 0.1) is 0 Å².